The molecule has 2 aromatic rings. The molecule has 200 valence electrons. The van der Waals surface area contributed by atoms with Crippen molar-refractivity contribution >= 4 is 5.69 Å². The van der Waals surface area contributed by atoms with Crippen LogP contribution in [0.4, 0.5) is 18.9 Å². The number of anilines is 1. The highest BCUT2D eigenvalue weighted by atomic mass is 19.4. The molecule has 1 fully saturated rings. The van der Waals surface area contributed by atoms with E-state index in [9.17, 15) is 13.2 Å². The van der Waals surface area contributed by atoms with Crippen molar-refractivity contribution in [2.75, 3.05) is 38.3 Å². The van der Waals surface area contributed by atoms with Crippen LogP contribution in [0.5, 0.6) is 5.75 Å². The lowest BCUT2D eigenvalue weighted by molar-refractivity contribution is -0.274. The summed E-state index contributed by atoms with van der Waals surface area (Å²) in [6.07, 6.45) is 0.000246. The Kier molecular flexibility index (Phi) is 10.3. The van der Waals surface area contributed by atoms with Crippen LogP contribution in [0.3, 0.4) is 0 Å². The van der Waals surface area contributed by atoms with Gasteiger partial charge in [0, 0.05) is 50.8 Å². The maximum Gasteiger partial charge on any atom is 0.573 e. The molecule has 7 heteroatoms. The zero-order valence-corrected chi connectivity index (χ0v) is 22.0. The van der Waals surface area contributed by atoms with E-state index in [4.69, 9.17) is 4.74 Å². The molecule has 37 heavy (non-hydrogen) atoms. The van der Waals surface area contributed by atoms with Crippen LogP contribution in [0.15, 0.2) is 48.7 Å². The van der Waals surface area contributed by atoms with Crippen molar-refractivity contribution in [2.24, 2.45) is 0 Å². The molecule has 2 aromatic carbocycles. The van der Waals surface area contributed by atoms with Gasteiger partial charge in [-0.3, -0.25) is 0 Å². The first kappa shape index (κ1) is 28.5. The van der Waals surface area contributed by atoms with E-state index in [1.807, 2.05) is 6.92 Å². The quantitative estimate of drug-likeness (QED) is 0.286. The molecule has 0 spiro atoms. The highest BCUT2D eigenvalue weighted by Crippen LogP contribution is 2.47. The van der Waals surface area contributed by atoms with Gasteiger partial charge in [-0.05, 0) is 66.1 Å². The minimum absolute atomic E-state index is 0.222. The summed E-state index contributed by atoms with van der Waals surface area (Å²) < 4.78 is 47.1. The van der Waals surface area contributed by atoms with Crippen LogP contribution in [-0.4, -0.2) is 39.7 Å². The smallest absolute Gasteiger partial charge is 0.406 e. The number of nitrogens with one attached hydrogen (secondary N) is 1. The van der Waals surface area contributed by atoms with Crippen LogP contribution in [0.1, 0.15) is 63.0 Å². The second-order valence-electron chi connectivity index (χ2n) is 9.22. The predicted octanol–water partition coefficient (Wildman–Crippen LogP) is 7.25. The molecule has 0 amide bonds. The zero-order chi connectivity index (χ0) is 26.8. The van der Waals surface area contributed by atoms with Gasteiger partial charge in [-0.1, -0.05) is 44.4 Å². The Balaban J connectivity index is 1.94. The van der Waals surface area contributed by atoms with Crippen molar-refractivity contribution in [1.82, 2.24) is 5.32 Å². The Hall–Kier alpha value is -3.11. The number of alkyl halides is 3. The summed E-state index contributed by atoms with van der Waals surface area (Å²) in [6.45, 7) is 11.3. The molecule has 0 radical (unpaired) electrons. The van der Waals surface area contributed by atoms with Gasteiger partial charge in [0.1, 0.15) is 5.75 Å². The van der Waals surface area contributed by atoms with E-state index in [1.165, 1.54) is 17.7 Å². The zero-order valence-electron chi connectivity index (χ0n) is 22.0. The second-order valence-corrected chi connectivity index (χ2v) is 9.22. The third kappa shape index (κ3) is 8.75. The number of ether oxygens (including phenoxy) is 2. The van der Waals surface area contributed by atoms with E-state index in [0.29, 0.717) is 12.5 Å². The Labute approximate surface area is 218 Å². The minimum atomic E-state index is -4.71. The maximum absolute atomic E-state index is 12.6. The van der Waals surface area contributed by atoms with Crippen molar-refractivity contribution in [3.63, 3.8) is 0 Å². The van der Waals surface area contributed by atoms with Gasteiger partial charge in [-0.15, -0.1) is 13.2 Å². The largest absolute Gasteiger partial charge is 0.573 e. The molecule has 0 aromatic heterocycles. The van der Waals surface area contributed by atoms with E-state index in [1.54, 1.807) is 19.2 Å². The molecule has 0 bridgehead atoms. The fraction of sp³-hybridized carbons (Fsp3) is 0.467. The van der Waals surface area contributed by atoms with Crippen LogP contribution >= 0.6 is 0 Å². The summed E-state index contributed by atoms with van der Waals surface area (Å²) in [4.78, 5) is 2.37. The van der Waals surface area contributed by atoms with Crippen LogP contribution in [0, 0.1) is 11.8 Å². The fourth-order valence-electron chi connectivity index (χ4n) is 4.27. The fourth-order valence-corrected chi connectivity index (χ4v) is 4.27. The Morgan fingerprint density at radius 1 is 1.14 bits per heavy atom. The third-order valence-electron chi connectivity index (χ3n) is 6.18. The molecule has 0 saturated heterocycles. The van der Waals surface area contributed by atoms with E-state index in [0.717, 1.165) is 79.8 Å². The number of halogens is 3. The monoisotopic (exact) mass is 514 g/mol. The summed E-state index contributed by atoms with van der Waals surface area (Å²) in [7, 11) is 1.68. The van der Waals surface area contributed by atoms with Gasteiger partial charge in [0.05, 0.1) is 12.3 Å². The molecule has 1 aliphatic carbocycles. The van der Waals surface area contributed by atoms with Crippen molar-refractivity contribution in [1.29, 1.82) is 0 Å². The molecule has 1 saturated carbocycles. The molecular formula is C30H37F3N2O2. The SMILES string of the molecule is C=C(CCOC)NCCN(CCC)c1cc(C2CC2)c(-c2ccc(OC(F)(F)F)cc2)cc1C#CCC. The van der Waals surface area contributed by atoms with Crippen molar-refractivity contribution in [3.05, 3.63) is 59.8 Å². The van der Waals surface area contributed by atoms with Crippen LogP contribution < -0.4 is 15.0 Å². The van der Waals surface area contributed by atoms with Gasteiger partial charge >= 0.3 is 6.36 Å². The first-order valence-electron chi connectivity index (χ1n) is 12.9. The standard InChI is InChI=1S/C30H37F3N2O2/c1-5-7-8-25-20-27(24-11-13-26(14-12-24)37-30(31,32)33)28(23-9-10-23)21-29(25)35(17-6-2)18-16-34-22(3)15-19-36-4/h11-14,20-21,23,34H,3,5-6,9-10,15-19H2,1-2,4H3. The summed E-state index contributed by atoms with van der Waals surface area (Å²) in [5.74, 6) is 6.79. The average Bonchev–Trinajstić information content (AvgIpc) is 3.70. The number of hydrogen-bond donors (Lipinski definition) is 1. The van der Waals surface area contributed by atoms with Crippen molar-refractivity contribution in [2.45, 2.75) is 58.2 Å². The highest BCUT2D eigenvalue weighted by molar-refractivity contribution is 5.77. The highest BCUT2D eigenvalue weighted by Gasteiger charge is 2.31. The van der Waals surface area contributed by atoms with E-state index in [-0.39, 0.29) is 5.75 Å². The van der Waals surface area contributed by atoms with Gasteiger partial charge in [-0.2, -0.15) is 0 Å². The third-order valence-corrected chi connectivity index (χ3v) is 6.18. The Bertz CT molecular complexity index is 1100. The molecule has 0 atom stereocenters. The van der Waals surface area contributed by atoms with Gasteiger partial charge in [0.15, 0.2) is 0 Å². The first-order chi connectivity index (χ1) is 17.8. The van der Waals surface area contributed by atoms with Gasteiger partial charge in [0.25, 0.3) is 0 Å². The summed E-state index contributed by atoms with van der Waals surface area (Å²) >= 11 is 0. The number of nitrogens with zero attached hydrogens (tertiary/aromatic N) is 1. The van der Waals surface area contributed by atoms with Gasteiger partial charge < -0.3 is 19.7 Å². The lowest BCUT2D eigenvalue weighted by atomic mass is 9.92. The molecule has 1 aliphatic rings. The molecule has 4 nitrogen and oxygen atoms in total. The van der Waals surface area contributed by atoms with Crippen molar-refractivity contribution < 1.29 is 22.6 Å². The average molecular weight is 515 g/mol. The number of benzene rings is 2. The normalized spacial score (nSPS) is 13.0. The number of methoxy groups -OCH3 is 1. The predicted molar refractivity (Wildman–Crippen MR) is 144 cm³/mol. The second kappa shape index (κ2) is 13.4. The van der Waals surface area contributed by atoms with E-state index in [2.05, 4.69) is 52.4 Å². The summed E-state index contributed by atoms with van der Waals surface area (Å²) in [6, 6.07) is 10.5. The van der Waals surface area contributed by atoms with Crippen LogP contribution in [0.25, 0.3) is 11.1 Å². The molecule has 0 unspecified atom stereocenters. The van der Waals surface area contributed by atoms with E-state index < -0.39 is 6.36 Å². The molecule has 3 rings (SSSR count). The van der Waals surface area contributed by atoms with E-state index >= 15 is 0 Å². The molecule has 0 aliphatic heterocycles. The van der Waals surface area contributed by atoms with Crippen LogP contribution in [-0.2, 0) is 4.74 Å². The first-order valence-corrected chi connectivity index (χ1v) is 12.9. The van der Waals surface area contributed by atoms with Gasteiger partial charge in [-0.25, -0.2) is 0 Å². The summed E-state index contributed by atoms with van der Waals surface area (Å²) in [5.41, 5.74) is 6.10. The lowest BCUT2D eigenvalue weighted by Crippen LogP contribution is -2.33. The maximum atomic E-state index is 12.6. The minimum Gasteiger partial charge on any atom is -0.406 e. The van der Waals surface area contributed by atoms with Crippen LogP contribution in [0.2, 0.25) is 0 Å². The summed E-state index contributed by atoms with van der Waals surface area (Å²) in [5, 5.41) is 3.40. The Morgan fingerprint density at radius 2 is 1.86 bits per heavy atom. The van der Waals surface area contributed by atoms with Crippen molar-refractivity contribution in [3.8, 4) is 28.7 Å². The number of hydrogen-bond acceptors (Lipinski definition) is 4. The topological polar surface area (TPSA) is 33.7 Å². The molecule has 0 heterocycles. The Morgan fingerprint density at radius 3 is 2.46 bits per heavy atom. The molecule has 1 N–H and O–H groups in total. The molecular weight excluding hydrogens is 477 g/mol. The number of rotatable bonds is 13. The van der Waals surface area contributed by atoms with Gasteiger partial charge in [0.2, 0.25) is 0 Å². The lowest BCUT2D eigenvalue weighted by Gasteiger charge is -2.28.